The lowest BCUT2D eigenvalue weighted by Gasteiger charge is -2.34. The molecule has 0 aliphatic carbocycles. The Morgan fingerprint density at radius 2 is 2.18 bits per heavy atom. The number of benzene rings is 1. The number of halogens is 1. The van der Waals surface area contributed by atoms with Gasteiger partial charge in [0.1, 0.15) is 6.04 Å². The fourth-order valence-corrected chi connectivity index (χ4v) is 2.65. The molecule has 1 atom stereocenters. The van der Waals surface area contributed by atoms with Crippen molar-refractivity contribution < 1.29 is 9.59 Å². The molecule has 22 heavy (non-hydrogen) atoms. The molecule has 6 nitrogen and oxygen atoms in total. The molecule has 2 amide bonds. The van der Waals surface area contributed by atoms with Crippen molar-refractivity contribution in [3.05, 3.63) is 41.7 Å². The van der Waals surface area contributed by atoms with Gasteiger partial charge in [-0.25, -0.2) is 0 Å². The maximum Gasteiger partial charge on any atom is 0.247 e. The van der Waals surface area contributed by atoms with Crippen molar-refractivity contribution in [2.45, 2.75) is 25.9 Å². The monoisotopic (exact) mass is 318 g/mol. The van der Waals surface area contributed by atoms with Gasteiger partial charge in [0, 0.05) is 19.2 Å². The van der Waals surface area contributed by atoms with Crippen molar-refractivity contribution >= 4 is 34.8 Å². The van der Waals surface area contributed by atoms with Gasteiger partial charge in [-0.2, -0.15) is 5.10 Å². The van der Waals surface area contributed by atoms with Crippen LogP contribution in [0.4, 0.5) is 11.4 Å². The molecule has 1 aromatic carbocycles. The molecule has 2 aromatic rings. The number of aryl methyl sites for hydroxylation is 1. The van der Waals surface area contributed by atoms with Crippen LogP contribution in [0.1, 0.15) is 13.3 Å². The maximum absolute atomic E-state index is 12.6. The number of para-hydroxylation sites is 2. The SMILES string of the molecule is C[C@@H]1C(=O)Nc2ccccc2N1C(=O)CCn1cc(Cl)cn1. The van der Waals surface area contributed by atoms with E-state index in [-0.39, 0.29) is 18.2 Å². The van der Waals surface area contributed by atoms with E-state index in [1.54, 1.807) is 28.8 Å². The van der Waals surface area contributed by atoms with E-state index >= 15 is 0 Å². The first-order valence-corrected chi connectivity index (χ1v) is 7.34. The van der Waals surface area contributed by atoms with Gasteiger partial charge in [-0.05, 0) is 19.1 Å². The van der Waals surface area contributed by atoms with E-state index in [1.807, 2.05) is 18.2 Å². The molecule has 0 saturated heterocycles. The molecular formula is C15H15ClN4O2. The highest BCUT2D eigenvalue weighted by Gasteiger charge is 2.33. The van der Waals surface area contributed by atoms with E-state index in [9.17, 15) is 9.59 Å². The van der Waals surface area contributed by atoms with Gasteiger partial charge < -0.3 is 5.32 Å². The first-order chi connectivity index (χ1) is 10.6. The lowest BCUT2D eigenvalue weighted by atomic mass is 10.1. The fraction of sp³-hybridized carbons (Fsp3) is 0.267. The summed E-state index contributed by atoms with van der Waals surface area (Å²) < 4.78 is 1.61. The minimum atomic E-state index is -0.538. The minimum absolute atomic E-state index is 0.124. The Labute approximate surface area is 132 Å². The van der Waals surface area contributed by atoms with Gasteiger partial charge in [0.25, 0.3) is 0 Å². The molecule has 1 aliphatic rings. The quantitative estimate of drug-likeness (QED) is 0.944. The summed E-state index contributed by atoms with van der Waals surface area (Å²) in [5.41, 5.74) is 1.37. The average Bonchev–Trinajstić information content (AvgIpc) is 2.92. The predicted octanol–water partition coefficient (Wildman–Crippen LogP) is 2.30. The van der Waals surface area contributed by atoms with Crippen LogP contribution in [-0.2, 0) is 16.1 Å². The molecule has 0 radical (unpaired) electrons. The van der Waals surface area contributed by atoms with Gasteiger partial charge in [0.15, 0.2) is 0 Å². The smallest absolute Gasteiger partial charge is 0.247 e. The normalized spacial score (nSPS) is 17.1. The molecule has 1 aliphatic heterocycles. The van der Waals surface area contributed by atoms with Crippen molar-refractivity contribution in [2.24, 2.45) is 0 Å². The summed E-state index contributed by atoms with van der Waals surface area (Å²) in [6, 6.07) is 6.74. The highest BCUT2D eigenvalue weighted by Crippen LogP contribution is 2.32. The topological polar surface area (TPSA) is 67.2 Å². The zero-order valence-electron chi connectivity index (χ0n) is 12.0. The van der Waals surface area contributed by atoms with Crippen LogP contribution in [0.25, 0.3) is 0 Å². The lowest BCUT2D eigenvalue weighted by molar-refractivity contribution is -0.123. The summed E-state index contributed by atoms with van der Waals surface area (Å²) in [7, 11) is 0. The van der Waals surface area contributed by atoms with Gasteiger partial charge in [-0.15, -0.1) is 0 Å². The number of hydrogen-bond acceptors (Lipinski definition) is 3. The van der Waals surface area contributed by atoms with E-state index in [2.05, 4.69) is 10.4 Å². The summed E-state index contributed by atoms with van der Waals surface area (Å²) in [4.78, 5) is 26.1. The second kappa shape index (κ2) is 5.81. The fourth-order valence-electron chi connectivity index (χ4n) is 2.49. The first-order valence-electron chi connectivity index (χ1n) is 6.96. The molecule has 0 unspecified atom stereocenters. The number of anilines is 2. The van der Waals surface area contributed by atoms with E-state index in [1.165, 1.54) is 6.20 Å². The molecule has 7 heteroatoms. The van der Waals surface area contributed by atoms with Crippen LogP contribution in [0.15, 0.2) is 36.7 Å². The molecular weight excluding hydrogens is 304 g/mol. The van der Waals surface area contributed by atoms with E-state index < -0.39 is 6.04 Å². The van der Waals surface area contributed by atoms with Gasteiger partial charge in [0.2, 0.25) is 11.8 Å². The summed E-state index contributed by atoms with van der Waals surface area (Å²) in [5, 5.41) is 7.38. The van der Waals surface area contributed by atoms with Gasteiger partial charge in [0.05, 0.1) is 22.6 Å². The third-order valence-electron chi connectivity index (χ3n) is 3.61. The molecule has 1 aromatic heterocycles. The molecule has 2 heterocycles. The third kappa shape index (κ3) is 2.69. The average molecular weight is 319 g/mol. The second-order valence-corrected chi connectivity index (χ2v) is 5.55. The Morgan fingerprint density at radius 1 is 1.41 bits per heavy atom. The van der Waals surface area contributed by atoms with E-state index in [4.69, 9.17) is 11.6 Å². The van der Waals surface area contributed by atoms with Crippen molar-refractivity contribution in [1.82, 2.24) is 9.78 Å². The van der Waals surface area contributed by atoms with Crippen molar-refractivity contribution in [1.29, 1.82) is 0 Å². The Balaban J connectivity index is 1.80. The zero-order valence-corrected chi connectivity index (χ0v) is 12.7. The Morgan fingerprint density at radius 3 is 2.91 bits per heavy atom. The number of rotatable bonds is 3. The Hall–Kier alpha value is -2.34. The van der Waals surface area contributed by atoms with Crippen LogP contribution >= 0.6 is 11.6 Å². The number of aromatic nitrogens is 2. The van der Waals surface area contributed by atoms with Crippen molar-refractivity contribution in [3.8, 4) is 0 Å². The number of amides is 2. The summed E-state index contributed by atoms with van der Waals surface area (Å²) in [6.07, 6.45) is 3.43. The predicted molar refractivity (Wildman–Crippen MR) is 83.9 cm³/mol. The van der Waals surface area contributed by atoms with Crippen LogP contribution < -0.4 is 10.2 Å². The molecule has 0 fully saturated rings. The zero-order chi connectivity index (χ0) is 15.7. The highest BCUT2D eigenvalue weighted by molar-refractivity contribution is 6.30. The van der Waals surface area contributed by atoms with Crippen LogP contribution in [0.3, 0.4) is 0 Å². The summed E-state index contributed by atoms with van der Waals surface area (Å²) in [6.45, 7) is 2.13. The molecule has 0 spiro atoms. The second-order valence-electron chi connectivity index (χ2n) is 5.12. The van der Waals surface area contributed by atoms with Crippen molar-refractivity contribution in [2.75, 3.05) is 10.2 Å². The molecule has 0 bridgehead atoms. The summed E-state index contributed by atoms with van der Waals surface area (Å²) in [5.74, 6) is -0.310. The standard InChI is InChI=1S/C15H15ClN4O2/c1-10-15(22)18-12-4-2-3-5-13(12)20(10)14(21)6-7-19-9-11(16)8-17-19/h2-5,8-10H,6-7H2,1H3,(H,18,22)/t10-/m1/s1. The lowest BCUT2D eigenvalue weighted by Crippen LogP contribution is -2.49. The molecule has 1 N–H and O–H groups in total. The Kier molecular flexibility index (Phi) is 3.85. The Bertz CT molecular complexity index is 728. The van der Waals surface area contributed by atoms with Crippen LogP contribution in [0.2, 0.25) is 5.02 Å². The number of nitrogens with one attached hydrogen (secondary N) is 1. The van der Waals surface area contributed by atoms with Crippen LogP contribution in [0.5, 0.6) is 0 Å². The largest absolute Gasteiger partial charge is 0.322 e. The number of fused-ring (bicyclic) bond motifs is 1. The highest BCUT2D eigenvalue weighted by atomic mass is 35.5. The van der Waals surface area contributed by atoms with Crippen LogP contribution in [0, 0.1) is 0 Å². The molecule has 3 rings (SSSR count). The number of carbonyl (C=O) groups is 2. The maximum atomic E-state index is 12.6. The van der Waals surface area contributed by atoms with Crippen molar-refractivity contribution in [3.63, 3.8) is 0 Å². The number of hydrogen-bond donors (Lipinski definition) is 1. The van der Waals surface area contributed by atoms with Gasteiger partial charge >= 0.3 is 0 Å². The molecule has 114 valence electrons. The minimum Gasteiger partial charge on any atom is -0.322 e. The number of carbonyl (C=O) groups excluding carboxylic acids is 2. The van der Waals surface area contributed by atoms with E-state index in [0.717, 1.165) is 5.69 Å². The van der Waals surface area contributed by atoms with Crippen LogP contribution in [-0.4, -0.2) is 27.6 Å². The van der Waals surface area contributed by atoms with E-state index in [0.29, 0.717) is 17.3 Å². The first kappa shape index (κ1) is 14.6. The van der Waals surface area contributed by atoms with Gasteiger partial charge in [-0.1, -0.05) is 23.7 Å². The van der Waals surface area contributed by atoms with Gasteiger partial charge in [-0.3, -0.25) is 19.2 Å². The third-order valence-corrected chi connectivity index (χ3v) is 3.81. The molecule has 0 saturated carbocycles. The summed E-state index contributed by atoms with van der Waals surface area (Å²) >= 11 is 5.80. The number of nitrogens with zero attached hydrogens (tertiary/aromatic N) is 3.